The quantitative estimate of drug-likeness (QED) is 0.819. The molecule has 0 aromatic heterocycles. The molecule has 1 fully saturated rings. The van der Waals surface area contributed by atoms with E-state index in [0.717, 1.165) is 12.1 Å². The molecule has 19 heavy (non-hydrogen) atoms. The van der Waals surface area contributed by atoms with Crippen molar-refractivity contribution in [3.63, 3.8) is 0 Å². The second-order valence-corrected chi connectivity index (χ2v) is 4.53. The molecule has 0 saturated carbocycles. The van der Waals surface area contributed by atoms with Crippen molar-refractivity contribution in [2.24, 2.45) is 0 Å². The number of hydrogen-bond acceptors (Lipinski definition) is 3. The SMILES string of the molecule is CCC(O)c1ccccc1OCCN1CCNC1=O. The first kappa shape index (κ1) is 13.7. The van der Waals surface area contributed by atoms with Gasteiger partial charge in [0.1, 0.15) is 12.4 Å². The summed E-state index contributed by atoms with van der Waals surface area (Å²) < 4.78 is 5.69. The molecule has 104 valence electrons. The lowest BCUT2D eigenvalue weighted by atomic mass is 10.1. The molecule has 5 heteroatoms. The number of para-hydroxylation sites is 1. The third kappa shape index (κ3) is 3.38. The minimum Gasteiger partial charge on any atom is -0.491 e. The average molecular weight is 264 g/mol. The molecule has 1 aliphatic heterocycles. The van der Waals surface area contributed by atoms with Gasteiger partial charge in [-0.1, -0.05) is 25.1 Å². The van der Waals surface area contributed by atoms with Gasteiger partial charge < -0.3 is 20.1 Å². The van der Waals surface area contributed by atoms with Crippen LogP contribution in [0, 0.1) is 0 Å². The van der Waals surface area contributed by atoms with E-state index in [-0.39, 0.29) is 6.03 Å². The summed E-state index contributed by atoms with van der Waals surface area (Å²) in [7, 11) is 0. The largest absolute Gasteiger partial charge is 0.491 e. The summed E-state index contributed by atoms with van der Waals surface area (Å²) in [5.41, 5.74) is 0.802. The van der Waals surface area contributed by atoms with Gasteiger partial charge in [-0.3, -0.25) is 0 Å². The zero-order valence-corrected chi connectivity index (χ0v) is 11.1. The highest BCUT2D eigenvalue weighted by atomic mass is 16.5. The highest BCUT2D eigenvalue weighted by Gasteiger charge is 2.19. The number of ether oxygens (including phenoxy) is 1. The Bertz CT molecular complexity index is 436. The lowest BCUT2D eigenvalue weighted by Gasteiger charge is -2.17. The van der Waals surface area contributed by atoms with Crippen LogP contribution < -0.4 is 10.1 Å². The van der Waals surface area contributed by atoms with Gasteiger partial charge in [-0.15, -0.1) is 0 Å². The molecule has 2 N–H and O–H groups in total. The number of rotatable bonds is 6. The molecule has 5 nitrogen and oxygen atoms in total. The average Bonchev–Trinajstić information content (AvgIpc) is 2.84. The second kappa shape index (κ2) is 6.43. The van der Waals surface area contributed by atoms with Crippen molar-refractivity contribution in [3.8, 4) is 5.75 Å². The van der Waals surface area contributed by atoms with E-state index in [9.17, 15) is 9.90 Å². The van der Waals surface area contributed by atoms with E-state index in [1.807, 2.05) is 31.2 Å². The molecule has 1 unspecified atom stereocenters. The fourth-order valence-corrected chi connectivity index (χ4v) is 2.10. The molecule has 1 aromatic rings. The van der Waals surface area contributed by atoms with Crippen molar-refractivity contribution in [3.05, 3.63) is 29.8 Å². The Balaban J connectivity index is 1.90. The maximum Gasteiger partial charge on any atom is 0.317 e. The molecule has 2 amide bonds. The van der Waals surface area contributed by atoms with Crippen molar-refractivity contribution in [1.82, 2.24) is 10.2 Å². The van der Waals surface area contributed by atoms with Crippen LogP contribution in [0.4, 0.5) is 4.79 Å². The third-order valence-corrected chi connectivity index (χ3v) is 3.23. The second-order valence-electron chi connectivity index (χ2n) is 4.53. The number of aliphatic hydroxyl groups excluding tert-OH is 1. The number of benzene rings is 1. The number of carbonyl (C=O) groups is 1. The van der Waals surface area contributed by atoms with Crippen LogP contribution in [0.3, 0.4) is 0 Å². The summed E-state index contributed by atoms with van der Waals surface area (Å²) in [6.07, 6.45) is 0.140. The predicted octanol–water partition coefficient (Wildman–Crippen LogP) is 1.53. The molecule has 1 saturated heterocycles. The summed E-state index contributed by atoms with van der Waals surface area (Å²) in [6.45, 7) is 4.34. The van der Waals surface area contributed by atoms with Gasteiger partial charge in [0.15, 0.2) is 0 Å². The standard InChI is InChI=1S/C14H20N2O3/c1-2-12(17)11-5-3-4-6-13(11)19-10-9-16-8-7-15-14(16)18/h3-6,12,17H,2,7-10H2,1H3,(H,15,18). The predicted molar refractivity (Wildman–Crippen MR) is 72.2 cm³/mol. The molecular formula is C14H20N2O3. The van der Waals surface area contributed by atoms with Crippen molar-refractivity contribution >= 4 is 6.03 Å². The molecule has 0 aliphatic carbocycles. The van der Waals surface area contributed by atoms with Crippen LogP contribution in [0.25, 0.3) is 0 Å². The maximum atomic E-state index is 11.4. The van der Waals surface area contributed by atoms with E-state index < -0.39 is 6.10 Å². The van der Waals surface area contributed by atoms with Gasteiger partial charge >= 0.3 is 6.03 Å². The van der Waals surface area contributed by atoms with Gasteiger partial charge in [-0.25, -0.2) is 4.79 Å². The topological polar surface area (TPSA) is 61.8 Å². The van der Waals surface area contributed by atoms with E-state index in [1.165, 1.54) is 0 Å². The van der Waals surface area contributed by atoms with Crippen LogP contribution in [-0.2, 0) is 0 Å². The molecule has 1 aliphatic rings. The van der Waals surface area contributed by atoms with Gasteiger partial charge in [-0.2, -0.15) is 0 Å². The first-order valence-electron chi connectivity index (χ1n) is 6.65. The number of aliphatic hydroxyl groups is 1. The van der Waals surface area contributed by atoms with Gasteiger partial charge in [0.2, 0.25) is 0 Å². The number of nitrogens with zero attached hydrogens (tertiary/aromatic N) is 1. The first-order chi connectivity index (χ1) is 9.22. The zero-order valence-electron chi connectivity index (χ0n) is 11.1. The van der Waals surface area contributed by atoms with Crippen molar-refractivity contribution in [2.45, 2.75) is 19.4 Å². The Labute approximate surface area is 113 Å². The summed E-state index contributed by atoms with van der Waals surface area (Å²) in [5, 5.41) is 12.7. The lowest BCUT2D eigenvalue weighted by molar-refractivity contribution is 0.164. The highest BCUT2D eigenvalue weighted by molar-refractivity contribution is 5.76. The van der Waals surface area contributed by atoms with Crippen LogP contribution in [0.5, 0.6) is 5.75 Å². The highest BCUT2D eigenvalue weighted by Crippen LogP contribution is 2.26. The van der Waals surface area contributed by atoms with E-state index in [2.05, 4.69) is 5.32 Å². The molecule has 1 atom stereocenters. The molecule has 1 heterocycles. The van der Waals surface area contributed by atoms with E-state index in [4.69, 9.17) is 4.74 Å². The molecule has 0 spiro atoms. The van der Waals surface area contributed by atoms with Crippen molar-refractivity contribution < 1.29 is 14.6 Å². The number of carbonyl (C=O) groups excluding carboxylic acids is 1. The molecule has 1 aromatic carbocycles. The monoisotopic (exact) mass is 264 g/mol. The Kier molecular flexibility index (Phi) is 4.63. The first-order valence-corrected chi connectivity index (χ1v) is 6.65. The minimum atomic E-state index is -0.508. The summed E-state index contributed by atoms with van der Waals surface area (Å²) in [4.78, 5) is 13.1. The van der Waals surface area contributed by atoms with Crippen LogP contribution >= 0.6 is 0 Å². The summed E-state index contributed by atoms with van der Waals surface area (Å²) in [5.74, 6) is 0.691. The number of nitrogens with one attached hydrogen (secondary N) is 1. The van der Waals surface area contributed by atoms with Crippen LogP contribution in [-0.4, -0.2) is 42.3 Å². The van der Waals surface area contributed by atoms with Crippen LogP contribution in [0.15, 0.2) is 24.3 Å². The van der Waals surface area contributed by atoms with E-state index in [1.54, 1.807) is 4.90 Å². The van der Waals surface area contributed by atoms with E-state index in [0.29, 0.717) is 31.9 Å². The van der Waals surface area contributed by atoms with Gasteiger partial charge in [-0.05, 0) is 12.5 Å². The number of hydrogen-bond donors (Lipinski definition) is 2. The van der Waals surface area contributed by atoms with Gasteiger partial charge in [0.05, 0.1) is 12.6 Å². The Morgan fingerprint density at radius 3 is 2.95 bits per heavy atom. The summed E-state index contributed by atoms with van der Waals surface area (Å²) in [6, 6.07) is 7.44. The molecular weight excluding hydrogens is 244 g/mol. The fraction of sp³-hybridized carbons (Fsp3) is 0.500. The zero-order chi connectivity index (χ0) is 13.7. The van der Waals surface area contributed by atoms with E-state index >= 15 is 0 Å². The third-order valence-electron chi connectivity index (χ3n) is 3.23. The molecule has 2 rings (SSSR count). The molecule has 0 radical (unpaired) electrons. The van der Waals surface area contributed by atoms with Crippen LogP contribution in [0.2, 0.25) is 0 Å². The lowest BCUT2D eigenvalue weighted by Crippen LogP contribution is -2.31. The smallest absolute Gasteiger partial charge is 0.317 e. The number of amides is 2. The van der Waals surface area contributed by atoms with Gasteiger partial charge in [0.25, 0.3) is 0 Å². The Hall–Kier alpha value is -1.75. The maximum absolute atomic E-state index is 11.4. The normalized spacial score (nSPS) is 16.3. The van der Waals surface area contributed by atoms with Crippen LogP contribution in [0.1, 0.15) is 25.0 Å². The Morgan fingerprint density at radius 1 is 1.47 bits per heavy atom. The van der Waals surface area contributed by atoms with Crippen molar-refractivity contribution in [1.29, 1.82) is 0 Å². The minimum absolute atomic E-state index is 0.0366. The Morgan fingerprint density at radius 2 is 2.26 bits per heavy atom. The molecule has 0 bridgehead atoms. The van der Waals surface area contributed by atoms with Gasteiger partial charge in [0, 0.05) is 18.7 Å². The van der Waals surface area contributed by atoms with Crippen molar-refractivity contribution in [2.75, 3.05) is 26.2 Å². The summed E-state index contributed by atoms with van der Waals surface area (Å²) >= 11 is 0. The number of urea groups is 1. The fourth-order valence-electron chi connectivity index (χ4n) is 2.10.